The quantitative estimate of drug-likeness (QED) is 0.778. The first-order chi connectivity index (χ1) is 8.04. The predicted octanol–water partition coefficient (Wildman–Crippen LogP) is 0.807. The van der Waals surface area contributed by atoms with Crippen LogP contribution >= 0.6 is 0 Å². The second-order valence-corrected chi connectivity index (χ2v) is 3.46. The van der Waals surface area contributed by atoms with E-state index in [0.29, 0.717) is 0 Å². The van der Waals surface area contributed by atoms with Gasteiger partial charge in [0.2, 0.25) is 5.91 Å². The molecule has 1 unspecified atom stereocenters. The van der Waals surface area contributed by atoms with E-state index >= 15 is 0 Å². The number of amides is 1. The van der Waals surface area contributed by atoms with Crippen LogP contribution in [0.5, 0.6) is 5.75 Å². The Morgan fingerprint density at radius 2 is 2.24 bits per heavy atom. The molecule has 0 saturated heterocycles. The van der Waals surface area contributed by atoms with Crippen molar-refractivity contribution in [2.75, 3.05) is 13.7 Å². The predicted molar refractivity (Wildman–Crippen MR) is 58.5 cm³/mol. The molecule has 17 heavy (non-hydrogen) atoms. The summed E-state index contributed by atoms with van der Waals surface area (Å²) in [5, 5.41) is 2.69. The highest BCUT2D eigenvalue weighted by molar-refractivity contribution is 5.79. The van der Waals surface area contributed by atoms with Crippen molar-refractivity contribution in [3.05, 3.63) is 29.8 Å². The number of likely N-dealkylation sites (N-methyl/N-ethyl adjacent to an activating group) is 1. The molecule has 0 spiro atoms. The van der Waals surface area contributed by atoms with E-state index in [4.69, 9.17) is 10.5 Å². The molecule has 0 bridgehead atoms. The SMILES string of the molecule is CNC(CCOc1cc(F)ccc1F)C(N)=O. The number of halogens is 2. The lowest BCUT2D eigenvalue weighted by molar-refractivity contribution is -0.120. The number of hydrogen-bond donors (Lipinski definition) is 2. The van der Waals surface area contributed by atoms with E-state index in [-0.39, 0.29) is 18.8 Å². The first-order valence-corrected chi connectivity index (χ1v) is 5.09. The molecule has 0 saturated carbocycles. The second kappa shape index (κ2) is 6.15. The molecule has 0 aliphatic carbocycles. The summed E-state index contributed by atoms with van der Waals surface area (Å²) in [7, 11) is 1.58. The maximum Gasteiger partial charge on any atom is 0.234 e. The van der Waals surface area contributed by atoms with Crippen LogP contribution in [-0.2, 0) is 4.79 Å². The van der Waals surface area contributed by atoms with Crippen molar-refractivity contribution in [1.82, 2.24) is 5.32 Å². The molecule has 94 valence electrons. The fraction of sp³-hybridized carbons (Fsp3) is 0.364. The Balaban J connectivity index is 2.50. The Morgan fingerprint density at radius 1 is 1.53 bits per heavy atom. The van der Waals surface area contributed by atoms with E-state index < -0.39 is 23.6 Å². The van der Waals surface area contributed by atoms with Gasteiger partial charge < -0.3 is 15.8 Å². The fourth-order valence-electron chi connectivity index (χ4n) is 1.30. The summed E-state index contributed by atoms with van der Waals surface area (Å²) in [6, 6.07) is 2.39. The Morgan fingerprint density at radius 3 is 2.82 bits per heavy atom. The summed E-state index contributed by atoms with van der Waals surface area (Å²) in [6.07, 6.45) is 0.280. The summed E-state index contributed by atoms with van der Waals surface area (Å²) in [5.74, 6) is -1.92. The number of primary amides is 1. The van der Waals surface area contributed by atoms with Gasteiger partial charge in [0.05, 0.1) is 12.6 Å². The fourth-order valence-corrected chi connectivity index (χ4v) is 1.30. The molecular formula is C11H14F2N2O2. The highest BCUT2D eigenvalue weighted by atomic mass is 19.1. The topological polar surface area (TPSA) is 64.3 Å². The van der Waals surface area contributed by atoms with E-state index in [1.165, 1.54) is 0 Å². The van der Waals surface area contributed by atoms with Crippen LogP contribution in [0.3, 0.4) is 0 Å². The van der Waals surface area contributed by atoms with Gasteiger partial charge in [0.25, 0.3) is 0 Å². The van der Waals surface area contributed by atoms with Crippen molar-refractivity contribution < 1.29 is 18.3 Å². The number of benzene rings is 1. The molecule has 0 aliphatic rings. The van der Waals surface area contributed by atoms with Crippen molar-refractivity contribution >= 4 is 5.91 Å². The number of carbonyl (C=O) groups excluding carboxylic acids is 1. The minimum atomic E-state index is -0.647. The number of rotatable bonds is 6. The Labute approximate surface area is 97.8 Å². The third-order valence-corrected chi connectivity index (χ3v) is 2.25. The molecule has 0 radical (unpaired) electrons. The minimum Gasteiger partial charge on any atom is -0.490 e. The number of carbonyl (C=O) groups is 1. The third-order valence-electron chi connectivity index (χ3n) is 2.25. The van der Waals surface area contributed by atoms with Gasteiger partial charge in [-0.05, 0) is 19.2 Å². The molecule has 3 N–H and O–H groups in total. The molecule has 1 aromatic rings. The Bertz CT molecular complexity index is 399. The van der Waals surface area contributed by atoms with Gasteiger partial charge in [-0.25, -0.2) is 8.78 Å². The minimum absolute atomic E-state index is 0.0643. The van der Waals surface area contributed by atoms with Crippen molar-refractivity contribution in [2.24, 2.45) is 5.73 Å². The van der Waals surface area contributed by atoms with Gasteiger partial charge in [-0.2, -0.15) is 0 Å². The maximum absolute atomic E-state index is 13.1. The van der Waals surface area contributed by atoms with Gasteiger partial charge in [-0.15, -0.1) is 0 Å². The highest BCUT2D eigenvalue weighted by Gasteiger charge is 2.13. The van der Waals surface area contributed by atoms with Crippen LogP contribution in [0.1, 0.15) is 6.42 Å². The molecular weight excluding hydrogens is 230 g/mol. The maximum atomic E-state index is 13.1. The van der Waals surface area contributed by atoms with Gasteiger partial charge in [-0.1, -0.05) is 0 Å². The summed E-state index contributed by atoms with van der Waals surface area (Å²) in [6.45, 7) is 0.0643. The van der Waals surface area contributed by atoms with Crippen molar-refractivity contribution in [3.63, 3.8) is 0 Å². The van der Waals surface area contributed by atoms with E-state index in [1.807, 2.05) is 0 Å². The smallest absolute Gasteiger partial charge is 0.234 e. The zero-order valence-corrected chi connectivity index (χ0v) is 9.37. The van der Waals surface area contributed by atoms with E-state index in [0.717, 1.165) is 18.2 Å². The average Bonchev–Trinajstić information content (AvgIpc) is 2.28. The monoisotopic (exact) mass is 244 g/mol. The highest BCUT2D eigenvalue weighted by Crippen LogP contribution is 2.18. The second-order valence-electron chi connectivity index (χ2n) is 3.46. The van der Waals surface area contributed by atoms with E-state index in [1.54, 1.807) is 7.05 Å². The Hall–Kier alpha value is -1.69. The third kappa shape index (κ3) is 3.99. The lowest BCUT2D eigenvalue weighted by Gasteiger charge is -2.13. The molecule has 0 aliphatic heterocycles. The standard InChI is InChI=1S/C11H14F2N2O2/c1-15-9(11(14)16)4-5-17-10-6-7(12)2-3-8(10)13/h2-3,6,9,15H,4-5H2,1H3,(H2,14,16). The largest absolute Gasteiger partial charge is 0.490 e. The van der Waals surface area contributed by atoms with Crippen LogP contribution in [0.25, 0.3) is 0 Å². The lowest BCUT2D eigenvalue weighted by atomic mass is 10.2. The summed E-state index contributed by atoms with van der Waals surface area (Å²) < 4.78 is 31.0. The zero-order chi connectivity index (χ0) is 12.8. The van der Waals surface area contributed by atoms with Crippen molar-refractivity contribution in [2.45, 2.75) is 12.5 Å². The van der Waals surface area contributed by atoms with Crippen molar-refractivity contribution in [3.8, 4) is 5.75 Å². The molecule has 1 atom stereocenters. The van der Waals surface area contributed by atoms with Crippen LogP contribution in [0.15, 0.2) is 18.2 Å². The summed E-state index contributed by atoms with van der Waals surface area (Å²) in [5.41, 5.74) is 5.09. The van der Waals surface area contributed by atoms with E-state index in [2.05, 4.69) is 5.32 Å². The van der Waals surface area contributed by atoms with E-state index in [9.17, 15) is 13.6 Å². The number of hydrogen-bond acceptors (Lipinski definition) is 3. The number of ether oxygens (including phenoxy) is 1. The van der Waals surface area contributed by atoms with Crippen LogP contribution in [-0.4, -0.2) is 25.6 Å². The average molecular weight is 244 g/mol. The molecule has 4 nitrogen and oxygen atoms in total. The Kier molecular flexibility index (Phi) is 4.84. The molecule has 1 aromatic carbocycles. The van der Waals surface area contributed by atoms with Gasteiger partial charge in [0.1, 0.15) is 5.82 Å². The van der Waals surface area contributed by atoms with Gasteiger partial charge in [0, 0.05) is 12.5 Å². The van der Waals surface area contributed by atoms with Crippen LogP contribution < -0.4 is 15.8 Å². The summed E-state index contributed by atoms with van der Waals surface area (Å²) >= 11 is 0. The van der Waals surface area contributed by atoms with Crippen molar-refractivity contribution in [1.29, 1.82) is 0 Å². The zero-order valence-electron chi connectivity index (χ0n) is 9.37. The molecule has 0 fully saturated rings. The summed E-state index contributed by atoms with van der Waals surface area (Å²) in [4.78, 5) is 10.9. The number of nitrogens with two attached hydrogens (primary N) is 1. The first-order valence-electron chi connectivity index (χ1n) is 5.09. The van der Waals surface area contributed by atoms with Crippen LogP contribution in [0, 0.1) is 11.6 Å². The van der Waals surface area contributed by atoms with Gasteiger partial charge in [-0.3, -0.25) is 4.79 Å². The molecule has 1 rings (SSSR count). The first kappa shape index (κ1) is 13.4. The molecule has 6 heteroatoms. The van der Waals surface area contributed by atoms with Crippen LogP contribution in [0.4, 0.5) is 8.78 Å². The van der Waals surface area contributed by atoms with Crippen LogP contribution in [0.2, 0.25) is 0 Å². The van der Waals surface area contributed by atoms with Gasteiger partial charge in [0.15, 0.2) is 11.6 Å². The molecule has 0 aromatic heterocycles. The number of nitrogens with one attached hydrogen (secondary N) is 1. The van der Waals surface area contributed by atoms with Gasteiger partial charge >= 0.3 is 0 Å². The molecule has 1 amide bonds. The lowest BCUT2D eigenvalue weighted by Crippen LogP contribution is -2.40. The molecule has 0 heterocycles. The normalized spacial score (nSPS) is 12.2.